The summed E-state index contributed by atoms with van der Waals surface area (Å²) in [5.41, 5.74) is 4.90. The number of ether oxygens (including phenoxy) is 1. The van der Waals surface area contributed by atoms with Gasteiger partial charge in [0.25, 0.3) is 6.23 Å². The van der Waals surface area contributed by atoms with Crippen LogP contribution in [0.2, 0.25) is 0 Å². The zero-order valence-electron chi connectivity index (χ0n) is 17.2. The van der Waals surface area contributed by atoms with E-state index in [1.807, 2.05) is 71.7 Å². The Labute approximate surface area is 190 Å². The van der Waals surface area contributed by atoms with Gasteiger partial charge in [0.15, 0.2) is 0 Å². The van der Waals surface area contributed by atoms with Crippen LogP contribution in [-0.4, -0.2) is 22.7 Å². The standard InChI is InChI=1S/C27H20N2O2S/c30-26(20-14-12-19(13-15-20)18-7-2-1-3-8-18)27-29-23(21-9-4-5-10-24(21)31-27)17-22(28-29)25-11-6-16-32-25/h1-16,23,27H,17H2/t23-,27+/m1/s1. The zero-order valence-corrected chi connectivity index (χ0v) is 18.0. The van der Waals surface area contributed by atoms with Gasteiger partial charge in [-0.3, -0.25) is 4.79 Å². The number of Topliss-reactive ketones (excluding diaryl/α,β-unsaturated/α-hetero) is 1. The lowest BCUT2D eigenvalue weighted by atomic mass is 9.97. The van der Waals surface area contributed by atoms with Crippen molar-refractivity contribution >= 4 is 22.8 Å². The van der Waals surface area contributed by atoms with Gasteiger partial charge in [0.05, 0.1) is 16.6 Å². The summed E-state index contributed by atoms with van der Waals surface area (Å²) >= 11 is 1.67. The van der Waals surface area contributed by atoms with Crippen molar-refractivity contribution in [3.8, 4) is 16.9 Å². The van der Waals surface area contributed by atoms with Crippen molar-refractivity contribution in [1.82, 2.24) is 5.01 Å². The highest BCUT2D eigenvalue weighted by molar-refractivity contribution is 7.12. The molecule has 0 saturated carbocycles. The average Bonchev–Trinajstić information content (AvgIpc) is 3.54. The lowest BCUT2D eigenvalue weighted by Crippen LogP contribution is -2.45. The molecule has 0 bridgehead atoms. The number of para-hydroxylation sites is 1. The van der Waals surface area contributed by atoms with Crippen molar-refractivity contribution in [2.24, 2.45) is 5.10 Å². The molecule has 0 spiro atoms. The number of nitrogens with zero attached hydrogens (tertiary/aromatic N) is 2. The predicted octanol–water partition coefficient (Wildman–Crippen LogP) is 6.17. The summed E-state index contributed by atoms with van der Waals surface area (Å²) in [6, 6.07) is 29.9. The van der Waals surface area contributed by atoms with Crippen molar-refractivity contribution in [3.63, 3.8) is 0 Å². The molecule has 0 unspecified atom stereocenters. The van der Waals surface area contributed by atoms with Crippen LogP contribution in [0.3, 0.4) is 0 Å². The molecule has 3 aromatic carbocycles. The number of carbonyl (C=O) groups excluding carboxylic acids is 1. The molecule has 0 fully saturated rings. The quantitative estimate of drug-likeness (QED) is 0.359. The molecule has 156 valence electrons. The lowest BCUT2D eigenvalue weighted by Gasteiger charge is -2.37. The van der Waals surface area contributed by atoms with E-state index in [0.717, 1.165) is 39.4 Å². The first-order valence-electron chi connectivity index (χ1n) is 10.6. The van der Waals surface area contributed by atoms with Crippen LogP contribution in [0.4, 0.5) is 0 Å². The molecular formula is C27H20N2O2S. The normalized spacial score (nSPS) is 19.0. The van der Waals surface area contributed by atoms with Crippen molar-refractivity contribution < 1.29 is 9.53 Å². The highest BCUT2D eigenvalue weighted by Gasteiger charge is 2.43. The van der Waals surface area contributed by atoms with Crippen LogP contribution in [0.1, 0.15) is 33.3 Å². The van der Waals surface area contributed by atoms with E-state index < -0.39 is 6.23 Å². The van der Waals surface area contributed by atoms with Crippen LogP contribution in [0.5, 0.6) is 5.75 Å². The first-order valence-corrected chi connectivity index (χ1v) is 11.5. The maximum atomic E-state index is 13.6. The SMILES string of the molecule is O=C(c1ccc(-c2ccccc2)cc1)[C@@H]1Oc2ccccc2[C@H]2CC(c3cccs3)=NN21. The number of hydrogen-bond donors (Lipinski definition) is 0. The molecule has 2 atom stereocenters. The third-order valence-electron chi connectivity index (χ3n) is 6.01. The van der Waals surface area contributed by atoms with Gasteiger partial charge in [-0.1, -0.05) is 78.9 Å². The number of fused-ring (bicyclic) bond motifs is 3. The van der Waals surface area contributed by atoms with Gasteiger partial charge in [-0.2, -0.15) is 5.10 Å². The maximum absolute atomic E-state index is 13.6. The van der Waals surface area contributed by atoms with E-state index >= 15 is 0 Å². The third kappa shape index (κ3) is 3.22. The second kappa shape index (κ2) is 7.77. The Morgan fingerprint density at radius 1 is 0.875 bits per heavy atom. The van der Waals surface area contributed by atoms with Crippen LogP contribution < -0.4 is 4.74 Å². The Bertz CT molecular complexity index is 1300. The van der Waals surface area contributed by atoms with Gasteiger partial charge in [0, 0.05) is 17.5 Å². The number of thiophene rings is 1. The van der Waals surface area contributed by atoms with Crippen molar-refractivity contribution in [2.45, 2.75) is 18.7 Å². The largest absolute Gasteiger partial charge is 0.461 e. The van der Waals surface area contributed by atoms with E-state index in [9.17, 15) is 4.79 Å². The number of hydrazone groups is 1. The minimum absolute atomic E-state index is 0.00501. The van der Waals surface area contributed by atoms with Crippen molar-refractivity contribution in [3.05, 3.63) is 112 Å². The summed E-state index contributed by atoms with van der Waals surface area (Å²) in [6.07, 6.45) is -0.0209. The van der Waals surface area contributed by atoms with E-state index in [1.165, 1.54) is 0 Å². The monoisotopic (exact) mass is 436 g/mol. The van der Waals surface area contributed by atoms with Gasteiger partial charge in [-0.25, -0.2) is 5.01 Å². The number of benzene rings is 3. The summed E-state index contributed by atoms with van der Waals surface area (Å²) in [4.78, 5) is 14.7. The zero-order chi connectivity index (χ0) is 21.5. The van der Waals surface area contributed by atoms with Crippen LogP contribution in [0.15, 0.2) is 101 Å². The minimum atomic E-state index is -0.782. The lowest BCUT2D eigenvalue weighted by molar-refractivity contribution is -0.00455. The summed E-state index contributed by atoms with van der Waals surface area (Å²) in [6.45, 7) is 0. The first kappa shape index (κ1) is 19.0. The molecule has 4 aromatic rings. The van der Waals surface area contributed by atoms with Crippen LogP contribution >= 0.6 is 11.3 Å². The highest BCUT2D eigenvalue weighted by Crippen LogP contribution is 2.43. The second-order valence-electron chi connectivity index (χ2n) is 7.94. The van der Waals surface area contributed by atoms with Crippen LogP contribution in [0, 0.1) is 0 Å². The van der Waals surface area contributed by atoms with E-state index in [2.05, 4.69) is 29.6 Å². The molecule has 0 aliphatic carbocycles. The van der Waals surface area contributed by atoms with Gasteiger partial charge in [0.1, 0.15) is 5.75 Å². The second-order valence-corrected chi connectivity index (χ2v) is 8.89. The van der Waals surface area contributed by atoms with Crippen molar-refractivity contribution in [2.75, 3.05) is 0 Å². The molecule has 0 radical (unpaired) electrons. The fraction of sp³-hybridized carbons (Fsp3) is 0.111. The van der Waals surface area contributed by atoms with Gasteiger partial charge in [0.2, 0.25) is 5.78 Å². The minimum Gasteiger partial charge on any atom is -0.461 e. The van der Waals surface area contributed by atoms with Crippen LogP contribution in [0.25, 0.3) is 11.1 Å². The average molecular weight is 437 g/mol. The predicted molar refractivity (Wildman–Crippen MR) is 127 cm³/mol. The summed E-state index contributed by atoms with van der Waals surface area (Å²) < 4.78 is 6.22. The first-order chi connectivity index (χ1) is 15.8. The molecule has 2 aliphatic rings. The molecule has 2 aliphatic heterocycles. The molecule has 0 saturated heterocycles. The Morgan fingerprint density at radius 2 is 1.62 bits per heavy atom. The highest BCUT2D eigenvalue weighted by atomic mass is 32.1. The fourth-order valence-corrected chi connectivity index (χ4v) is 5.12. The Kier molecular flexibility index (Phi) is 4.62. The molecule has 1 aromatic heterocycles. The van der Waals surface area contributed by atoms with E-state index in [0.29, 0.717) is 5.56 Å². The van der Waals surface area contributed by atoms with E-state index in [-0.39, 0.29) is 11.8 Å². The molecule has 4 nitrogen and oxygen atoms in total. The fourth-order valence-electron chi connectivity index (χ4n) is 4.40. The van der Waals surface area contributed by atoms with Gasteiger partial charge >= 0.3 is 0 Å². The Balaban J connectivity index is 1.35. The van der Waals surface area contributed by atoms with Gasteiger partial charge in [-0.05, 0) is 28.6 Å². The van der Waals surface area contributed by atoms with Gasteiger partial charge < -0.3 is 4.74 Å². The molecule has 0 N–H and O–H groups in total. The molecule has 5 heteroatoms. The molecule has 0 amide bonds. The maximum Gasteiger partial charge on any atom is 0.251 e. The molecule has 6 rings (SSSR count). The summed E-state index contributed by atoms with van der Waals surface area (Å²) in [5, 5.41) is 8.76. The Morgan fingerprint density at radius 3 is 2.41 bits per heavy atom. The number of rotatable bonds is 4. The molecule has 3 heterocycles. The van der Waals surface area contributed by atoms with Crippen molar-refractivity contribution in [1.29, 1.82) is 0 Å². The van der Waals surface area contributed by atoms with E-state index in [1.54, 1.807) is 11.3 Å². The molecule has 32 heavy (non-hydrogen) atoms. The summed E-state index contributed by atoms with van der Waals surface area (Å²) in [7, 11) is 0. The smallest absolute Gasteiger partial charge is 0.251 e. The topological polar surface area (TPSA) is 41.9 Å². The third-order valence-corrected chi connectivity index (χ3v) is 6.92. The van der Waals surface area contributed by atoms with Gasteiger partial charge in [-0.15, -0.1) is 11.3 Å². The number of hydrogen-bond acceptors (Lipinski definition) is 5. The van der Waals surface area contributed by atoms with E-state index in [4.69, 9.17) is 9.84 Å². The van der Waals surface area contributed by atoms with Crippen LogP contribution in [-0.2, 0) is 0 Å². The number of carbonyl (C=O) groups is 1. The number of ketones is 1. The Hall–Kier alpha value is -3.70. The molecular weight excluding hydrogens is 416 g/mol. The summed E-state index contributed by atoms with van der Waals surface area (Å²) in [5.74, 6) is 0.677.